The lowest BCUT2D eigenvalue weighted by molar-refractivity contribution is 0.0705. The lowest BCUT2D eigenvalue weighted by Gasteiger charge is -2.28. The maximum Gasteiger partial charge on any atom is 0.126 e. The van der Waals surface area contributed by atoms with E-state index in [-0.39, 0.29) is 0 Å². The second-order valence-corrected chi connectivity index (χ2v) is 4.85. The van der Waals surface area contributed by atoms with Crippen molar-refractivity contribution in [1.82, 2.24) is 9.88 Å². The smallest absolute Gasteiger partial charge is 0.126 e. The van der Waals surface area contributed by atoms with E-state index in [0.29, 0.717) is 6.04 Å². The second kappa shape index (κ2) is 9.69. The normalized spacial score (nSPS) is 12.7. The molecule has 0 amide bonds. The van der Waals surface area contributed by atoms with E-state index in [4.69, 9.17) is 9.47 Å². The van der Waals surface area contributed by atoms with E-state index >= 15 is 0 Å². The third-order valence-corrected chi connectivity index (χ3v) is 3.18. The van der Waals surface area contributed by atoms with Crippen LogP contribution in [-0.4, -0.2) is 56.4 Å². The first-order valence-electron chi connectivity index (χ1n) is 7.12. The van der Waals surface area contributed by atoms with Crippen LogP contribution in [0.15, 0.2) is 18.3 Å². The molecule has 1 atom stereocenters. The van der Waals surface area contributed by atoms with Crippen LogP contribution in [0.4, 0.5) is 5.82 Å². The van der Waals surface area contributed by atoms with Crippen LogP contribution < -0.4 is 5.32 Å². The summed E-state index contributed by atoms with van der Waals surface area (Å²) in [4.78, 5) is 6.66. The molecule has 114 valence electrons. The van der Waals surface area contributed by atoms with Gasteiger partial charge in [-0.25, -0.2) is 4.98 Å². The standard InChI is InChI=1S/C15H27N3O2/c1-5-16-15-10-14(6-7-17-15)11-18(8-9-19-3)13(2)12-20-4/h6-7,10,13H,5,8-9,11-12H2,1-4H3,(H,16,17). The lowest BCUT2D eigenvalue weighted by atomic mass is 10.2. The number of pyridine rings is 1. The molecule has 5 heteroatoms. The van der Waals surface area contributed by atoms with Crippen LogP contribution in [-0.2, 0) is 16.0 Å². The number of hydrogen-bond acceptors (Lipinski definition) is 5. The summed E-state index contributed by atoms with van der Waals surface area (Å²) in [7, 11) is 3.47. The SMILES string of the molecule is CCNc1cc(CN(CCOC)C(C)COC)ccn1. The molecular formula is C15H27N3O2. The lowest BCUT2D eigenvalue weighted by Crippen LogP contribution is -2.38. The summed E-state index contributed by atoms with van der Waals surface area (Å²) in [6.45, 7) is 8.32. The summed E-state index contributed by atoms with van der Waals surface area (Å²) < 4.78 is 10.5. The number of hydrogen-bond donors (Lipinski definition) is 1. The Morgan fingerprint density at radius 1 is 1.35 bits per heavy atom. The number of ether oxygens (including phenoxy) is 2. The fourth-order valence-electron chi connectivity index (χ4n) is 2.10. The molecule has 20 heavy (non-hydrogen) atoms. The van der Waals surface area contributed by atoms with Gasteiger partial charge in [0.2, 0.25) is 0 Å². The average molecular weight is 281 g/mol. The molecule has 1 aromatic heterocycles. The minimum Gasteiger partial charge on any atom is -0.383 e. The van der Waals surface area contributed by atoms with E-state index in [1.807, 2.05) is 6.20 Å². The zero-order valence-electron chi connectivity index (χ0n) is 13.1. The minimum atomic E-state index is 0.353. The van der Waals surface area contributed by atoms with Gasteiger partial charge in [0.25, 0.3) is 0 Å². The number of anilines is 1. The van der Waals surface area contributed by atoms with Crippen molar-refractivity contribution in [2.75, 3.05) is 45.8 Å². The highest BCUT2D eigenvalue weighted by molar-refractivity contribution is 5.37. The Hall–Kier alpha value is -1.17. The highest BCUT2D eigenvalue weighted by atomic mass is 16.5. The molecule has 5 nitrogen and oxygen atoms in total. The van der Waals surface area contributed by atoms with Crippen molar-refractivity contribution >= 4 is 5.82 Å². The zero-order valence-corrected chi connectivity index (χ0v) is 13.1. The van der Waals surface area contributed by atoms with E-state index in [1.54, 1.807) is 14.2 Å². The van der Waals surface area contributed by atoms with Crippen LogP contribution in [0.2, 0.25) is 0 Å². The van der Waals surface area contributed by atoms with Crippen molar-refractivity contribution < 1.29 is 9.47 Å². The van der Waals surface area contributed by atoms with Crippen molar-refractivity contribution in [2.24, 2.45) is 0 Å². The Morgan fingerprint density at radius 2 is 2.15 bits per heavy atom. The van der Waals surface area contributed by atoms with Gasteiger partial charge in [-0.3, -0.25) is 4.90 Å². The second-order valence-electron chi connectivity index (χ2n) is 4.85. The Kier molecular flexibility index (Phi) is 8.18. The van der Waals surface area contributed by atoms with Gasteiger partial charge in [-0.1, -0.05) is 0 Å². The Bertz CT molecular complexity index is 374. The fourth-order valence-corrected chi connectivity index (χ4v) is 2.10. The molecule has 0 bridgehead atoms. The van der Waals surface area contributed by atoms with Crippen molar-refractivity contribution in [3.63, 3.8) is 0 Å². The third-order valence-electron chi connectivity index (χ3n) is 3.18. The van der Waals surface area contributed by atoms with Gasteiger partial charge in [-0.2, -0.15) is 0 Å². The molecule has 1 N–H and O–H groups in total. The highest BCUT2D eigenvalue weighted by Crippen LogP contribution is 2.12. The predicted molar refractivity (Wildman–Crippen MR) is 82.0 cm³/mol. The molecule has 1 aromatic rings. The molecule has 0 spiro atoms. The maximum atomic E-state index is 5.26. The molecule has 1 rings (SSSR count). The van der Waals surface area contributed by atoms with E-state index in [1.165, 1.54) is 5.56 Å². The van der Waals surface area contributed by atoms with Gasteiger partial charge in [0.15, 0.2) is 0 Å². The first kappa shape index (κ1) is 16.9. The Labute approximate surface area is 122 Å². The average Bonchev–Trinajstić information content (AvgIpc) is 2.44. The molecule has 0 fully saturated rings. The highest BCUT2D eigenvalue weighted by Gasteiger charge is 2.14. The number of nitrogens with zero attached hydrogens (tertiary/aromatic N) is 2. The predicted octanol–water partition coefficient (Wildman–Crippen LogP) is 2.00. The molecule has 0 aliphatic rings. The molecule has 0 aromatic carbocycles. The van der Waals surface area contributed by atoms with Gasteiger partial charge in [0, 0.05) is 46.1 Å². The van der Waals surface area contributed by atoms with E-state index in [2.05, 4.69) is 41.2 Å². The molecule has 0 saturated heterocycles. The van der Waals surface area contributed by atoms with Gasteiger partial charge in [0.1, 0.15) is 5.82 Å². The zero-order chi connectivity index (χ0) is 14.8. The van der Waals surface area contributed by atoms with Gasteiger partial charge in [0.05, 0.1) is 13.2 Å². The summed E-state index contributed by atoms with van der Waals surface area (Å²) in [6.07, 6.45) is 1.85. The summed E-state index contributed by atoms with van der Waals surface area (Å²) in [5.41, 5.74) is 1.25. The Balaban J connectivity index is 2.69. The topological polar surface area (TPSA) is 46.6 Å². The summed E-state index contributed by atoms with van der Waals surface area (Å²) in [5, 5.41) is 3.24. The monoisotopic (exact) mass is 281 g/mol. The largest absolute Gasteiger partial charge is 0.383 e. The molecule has 1 heterocycles. The van der Waals surface area contributed by atoms with Crippen LogP contribution in [0.5, 0.6) is 0 Å². The van der Waals surface area contributed by atoms with E-state index in [9.17, 15) is 0 Å². The van der Waals surface area contributed by atoms with Crippen LogP contribution in [0.1, 0.15) is 19.4 Å². The Morgan fingerprint density at radius 3 is 2.80 bits per heavy atom. The maximum absolute atomic E-state index is 5.26. The van der Waals surface area contributed by atoms with Crippen LogP contribution >= 0.6 is 0 Å². The number of nitrogens with one attached hydrogen (secondary N) is 1. The molecule has 0 saturated carbocycles. The van der Waals surface area contributed by atoms with Crippen molar-refractivity contribution in [2.45, 2.75) is 26.4 Å². The van der Waals surface area contributed by atoms with Crippen LogP contribution in [0.3, 0.4) is 0 Å². The number of aromatic nitrogens is 1. The third kappa shape index (κ3) is 5.86. The van der Waals surface area contributed by atoms with Crippen molar-refractivity contribution in [3.8, 4) is 0 Å². The molecular weight excluding hydrogens is 254 g/mol. The number of methoxy groups -OCH3 is 2. The summed E-state index contributed by atoms with van der Waals surface area (Å²) in [5.74, 6) is 0.927. The van der Waals surface area contributed by atoms with Gasteiger partial charge in [-0.05, 0) is 31.5 Å². The number of rotatable bonds is 10. The minimum absolute atomic E-state index is 0.353. The molecule has 1 unspecified atom stereocenters. The fraction of sp³-hybridized carbons (Fsp3) is 0.667. The van der Waals surface area contributed by atoms with Crippen molar-refractivity contribution in [3.05, 3.63) is 23.9 Å². The van der Waals surface area contributed by atoms with Crippen LogP contribution in [0.25, 0.3) is 0 Å². The van der Waals surface area contributed by atoms with Gasteiger partial charge < -0.3 is 14.8 Å². The van der Waals surface area contributed by atoms with Crippen molar-refractivity contribution in [1.29, 1.82) is 0 Å². The van der Waals surface area contributed by atoms with E-state index < -0.39 is 0 Å². The van der Waals surface area contributed by atoms with Gasteiger partial charge >= 0.3 is 0 Å². The summed E-state index contributed by atoms with van der Waals surface area (Å²) >= 11 is 0. The quantitative estimate of drug-likeness (QED) is 0.711. The van der Waals surface area contributed by atoms with E-state index in [0.717, 1.165) is 38.7 Å². The van der Waals surface area contributed by atoms with Gasteiger partial charge in [-0.15, -0.1) is 0 Å². The molecule has 0 aliphatic carbocycles. The molecule has 0 aliphatic heterocycles. The molecule has 0 radical (unpaired) electrons. The first-order valence-corrected chi connectivity index (χ1v) is 7.12. The van der Waals surface area contributed by atoms with Crippen LogP contribution in [0, 0.1) is 0 Å². The first-order chi connectivity index (χ1) is 9.71. The summed E-state index contributed by atoms with van der Waals surface area (Å²) in [6, 6.07) is 4.51.